The van der Waals surface area contributed by atoms with Gasteiger partial charge in [0.05, 0.1) is 11.3 Å². The van der Waals surface area contributed by atoms with Crippen LogP contribution in [0.5, 0.6) is 0 Å². The number of benzene rings is 1. The number of esters is 1. The number of hydrogen-bond acceptors (Lipinski definition) is 11. The molecule has 2 aliphatic heterocycles. The molecule has 1 aromatic carbocycles. The summed E-state index contributed by atoms with van der Waals surface area (Å²) in [5, 5.41) is 22.0. The summed E-state index contributed by atoms with van der Waals surface area (Å²) >= 11 is 3.29. The summed E-state index contributed by atoms with van der Waals surface area (Å²) in [5.74, 6) is -4.15. The lowest BCUT2D eigenvalue weighted by Gasteiger charge is -2.49. The molecule has 5 N–H and O–H groups in total. The van der Waals surface area contributed by atoms with Gasteiger partial charge in [0.2, 0.25) is 5.91 Å². The monoisotopic (exact) mass is 564 g/mol. The van der Waals surface area contributed by atoms with Crippen LogP contribution in [0.25, 0.3) is 0 Å². The maximum absolute atomic E-state index is 13.4. The third-order valence-corrected chi connectivity index (χ3v) is 8.74. The number of thiazole rings is 1. The molecule has 0 bridgehead atoms. The normalized spacial score (nSPS) is 19.5. The number of carboxylic acids is 2. The number of nitrogens with one attached hydrogen (secondary N) is 1. The van der Waals surface area contributed by atoms with Gasteiger partial charge in [-0.3, -0.25) is 19.3 Å². The second-order valence-electron chi connectivity index (χ2n) is 7.84. The van der Waals surface area contributed by atoms with Gasteiger partial charge in [-0.1, -0.05) is 12.1 Å². The highest BCUT2D eigenvalue weighted by molar-refractivity contribution is 8.00. The molecule has 4 rings (SSSR count). The van der Waals surface area contributed by atoms with Crippen LogP contribution in [0.15, 0.2) is 45.8 Å². The summed E-state index contributed by atoms with van der Waals surface area (Å²) in [6.07, 6.45) is 0. The largest absolute Gasteiger partial charge is 0.478 e. The summed E-state index contributed by atoms with van der Waals surface area (Å²) in [6.45, 7) is 0.934. The Morgan fingerprint density at radius 3 is 2.62 bits per heavy atom. The lowest BCUT2D eigenvalue weighted by Crippen LogP contribution is -2.70. The van der Waals surface area contributed by atoms with Gasteiger partial charge in [-0.05, 0) is 12.1 Å². The first-order valence-electron chi connectivity index (χ1n) is 10.6. The number of β-lactam (4-membered cyclic amide) rings is 1. The number of amides is 2. The Labute approximate surface area is 222 Å². The van der Waals surface area contributed by atoms with Crippen LogP contribution in [0, 0.1) is 0 Å². The number of aliphatic carboxylic acids is 1. The Bertz CT molecular complexity index is 1330. The van der Waals surface area contributed by atoms with E-state index in [-0.39, 0.29) is 34.3 Å². The molecule has 0 spiro atoms. The maximum atomic E-state index is 13.4. The number of carbonyl (C=O) groups is 5. The fraction of sp³-hybridized carbons (Fsp3) is 0.273. The molecule has 194 valence electrons. The first-order chi connectivity index (χ1) is 17.6. The molecule has 37 heavy (non-hydrogen) atoms. The van der Waals surface area contributed by atoms with Gasteiger partial charge in [0.1, 0.15) is 29.0 Å². The van der Waals surface area contributed by atoms with Gasteiger partial charge >= 0.3 is 17.9 Å². The molecule has 2 amide bonds. The molecule has 3 atom stereocenters. The highest BCUT2D eigenvalue weighted by Crippen LogP contribution is 2.42. The van der Waals surface area contributed by atoms with E-state index in [9.17, 15) is 34.2 Å². The number of fused-ring (bicyclic) bond motifs is 1. The van der Waals surface area contributed by atoms with E-state index in [1.54, 1.807) is 23.6 Å². The van der Waals surface area contributed by atoms with Crippen LogP contribution in [-0.4, -0.2) is 73.6 Å². The third-order valence-electron chi connectivity index (χ3n) is 5.41. The highest BCUT2D eigenvalue weighted by Gasteiger charge is 2.54. The van der Waals surface area contributed by atoms with Crippen LogP contribution in [0.3, 0.4) is 0 Å². The average molecular weight is 565 g/mol. The Kier molecular flexibility index (Phi) is 7.75. The van der Waals surface area contributed by atoms with E-state index in [1.807, 2.05) is 0 Å². The predicted molar refractivity (Wildman–Crippen MR) is 135 cm³/mol. The first-order valence-corrected chi connectivity index (χ1v) is 13.4. The topological polar surface area (TPSA) is 189 Å². The quantitative estimate of drug-likeness (QED) is 0.196. The molecule has 0 radical (unpaired) electrons. The summed E-state index contributed by atoms with van der Waals surface area (Å²) in [4.78, 5) is 66.7. The number of carbonyl (C=O) groups excluding carboxylic acids is 3. The molecular formula is C22H20N4O8S3. The lowest BCUT2D eigenvalue weighted by molar-refractivity contribution is -0.151. The van der Waals surface area contributed by atoms with Gasteiger partial charge in [0.25, 0.3) is 5.91 Å². The Morgan fingerprint density at radius 1 is 1.27 bits per heavy atom. The molecule has 2 aromatic rings. The standard InChI is InChI=1S/C22H20N4O8S3/c1-9(27)34-6-10-7-35-19-14(18(29)26(19)15(10)21(32)33)25-17(28)16(12-8-36-22(23)24-12)37-13-5-3-2-4-11(13)20(30)31/h2-5,8,14,16,19H,6-7H2,1H3,(H2,23,24)(H,25,28)(H,30,31)(H,32,33)/t14?,16?,19-/m1/s1. The number of nitrogens with zero attached hydrogens (tertiary/aromatic N) is 2. The van der Waals surface area contributed by atoms with Crippen LogP contribution in [0.4, 0.5) is 5.13 Å². The number of aromatic nitrogens is 1. The summed E-state index contributed by atoms with van der Waals surface area (Å²) in [6, 6.07) is 5.16. The Hall–Kier alpha value is -3.56. The predicted octanol–water partition coefficient (Wildman–Crippen LogP) is 1.56. The number of aromatic carboxylic acids is 1. The lowest BCUT2D eigenvalue weighted by atomic mass is 10.0. The molecule has 2 aliphatic rings. The van der Waals surface area contributed by atoms with E-state index in [0.29, 0.717) is 10.6 Å². The van der Waals surface area contributed by atoms with Crippen molar-refractivity contribution >= 4 is 69.7 Å². The molecule has 2 unspecified atom stereocenters. The minimum Gasteiger partial charge on any atom is -0.478 e. The minimum absolute atomic E-state index is 0.00113. The number of anilines is 1. The zero-order chi connectivity index (χ0) is 26.9. The SMILES string of the molecule is CC(=O)OCC1=C(C(=O)O)N2C(=O)C(NC(=O)C(Sc3ccccc3C(=O)O)c3csc(N)n3)[C@H]2SC1. The van der Waals surface area contributed by atoms with Crippen molar-refractivity contribution < 1.29 is 38.9 Å². The van der Waals surface area contributed by atoms with Gasteiger partial charge in [0.15, 0.2) is 5.13 Å². The second-order valence-corrected chi connectivity index (χ2v) is 11.0. The van der Waals surface area contributed by atoms with Crippen LogP contribution >= 0.6 is 34.9 Å². The number of thioether (sulfide) groups is 2. The van der Waals surface area contributed by atoms with Crippen molar-refractivity contribution in [1.82, 2.24) is 15.2 Å². The van der Waals surface area contributed by atoms with E-state index in [4.69, 9.17) is 10.5 Å². The Balaban J connectivity index is 1.56. The molecule has 0 saturated carbocycles. The van der Waals surface area contributed by atoms with Crippen LogP contribution < -0.4 is 11.1 Å². The van der Waals surface area contributed by atoms with Crippen LogP contribution in [-0.2, 0) is 23.9 Å². The summed E-state index contributed by atoms with van der Waals surface area (Å²) in [7, 11) is 0. The number of ether oxygens (including phenoxy) is 1. The molecular weight excluding hydrogens is 544 g/mol. The van der Waals surface area contributed by atoms with E-state index in [1.165, 1.54) is 24.8 Å². The fourth-order valence-corrected chi connectivity index (χ4v) is 6.87. The van der Waals surface area contributed by atoms with Gasteiger partial charge in [-0.2, -0.15) is 0 Å². The number of nitrogens with two attached hydrogens (primary N) is 1. The van der Waals surface area contributed by atoms with Crippen molar-refractivity contribution in [3.05, 3.63) is 52.2 Å². The summed E-state index contributed by atoms with van der Waals surface area (Å²) in [5.41, 5.74) is 6.05. The molecule has 12 nitrogen and oxygen atoms in total. The van der Waals surface area contributed by atoms with Gasteiger partial charge in [-0.15, -0.1) is 34.9 Å². The molecule has 3 heterocycles. The van der Waals surface area contributed by atoms with Crippen molar-refractivity contribution in [2.45, 2.75) is 28.5 Å². The Morgan fingerprint density at radius 2 is 2.00 bits per heavy atom. The third kappa shape index (κ3) is 5.42. The van der Waals surface area contributed by atoms with Crippen molar-refractivity contribution in [3.63, 3.8) is 0 Å². The van der Waals surface area contributed by atoms with Crippen molar-refractivity contribution in [1.29, 1.82) is 0 Å². The minimum atomic E-state index is -1.35. The van der Waals surface area contributed by atoms with Crippen LogP contribution in [0.2, 0.25) is 0 Å². The molecule has 1 saturated heterocycles. The van der Waals surface area contributed by atoms with E-state index in [2.05, 4.69) is 10.3 Å². The number of nitrogen functional groups attached to an aromatic ring is 1. The zero-order valence-electron chi connectivity index (χ0n) is 19.1. The van der Waals surface area contributed by atoms with Crippen LogP contribution in [0.1, 0.15) is 28.2 Å². The highest BCUT2D eigenvalue weighted by atomic mass is 32.2. The van der Waals surface area contributed by atoms with E-state index in [0.717, 1.165) is 28.0 Å². The molecule has 1 aromatic heterocycles. The van der Waals surface area contributed by atoms with Gasteiger partial charge in [0, 0.05) is 28.5 Å². The van der Waals surface area contributed by atoms with E-state index < -0.39 is 46.4 Å². The molecule has 0 aliphatic carbocycles. The number of hydrogen-bond donors (Lipinski definition) is 4. The smallest absolute Gasteiger partial charge is 0.352 e. The van der Waals surface area contributed by atoms with Crippen molar-refractivity contribution in [3.8, 4) is 0 Å². The number of carboxylic acid groups (broad SMARTS) is 2. The number of rotatable bonds is 9. The summed E-state index contributed by atoms with van der Waals surface area (Å²) < 4.78 is 4.92. The second kappa shape index (κ2) is 10.8. The first kappa shape index (κ1) is 26.5. The molecule has 1 fully saturated rings. The maximum Gasteiger partial charge on any atom is 0.352 e. The van der Waals surface area contributed by atoms with E-state index >= 15 is 0 Å². The average Bonchev–Trinajstić information content (AvgIpc) is 3.29. The van der Waals surface area contributed by atoms with Gasteiger partial charge in [-0.25, -0.2) is 14.6 Å². The molecule has 15 heteroatoms. The van der Waals surface area contributed by atoms with Crippen molar-refractivity contribution in [2.24, 2.45) is 0 Å². The zero-order valence-corrected chi connectivity index (χ0v) is 21.5. The van der Waals surface area contributed by atoms with Gasteiger partial charge < -0.3 is 26.0 Å². The fourth-order valence-electron chi connectivity index (χ4n) is 3.75. The van der Waals surface area contributed by atoms with Crippen molar-refractivity contribution in [2.75, 3.05) is 18.1 Å².